The average molecular weight is 355 g/mol. The van der Waals surface area contributed by atoms with E-state index in [4.69, 9.17) is 4.74 Å². The van der Waals surface area contributed by atoms with Gasteiger partial charge in [0, 0.05) is 20.1 Å². The van der Waals surface area contributed by atoms with Crippen LogP contribution in [0.3, 0.4) is 0 Å². The van der Waals surface area contributed by atoms with Crippen LogP contribution < -0.4 is 5.43 Å². The first-order valence-corrected chi connectivity index (χ1v) is 8.58. The summed E-state index contributed by atoms with van der Waals surface area (Å²) in [5.74, 6) is -0.428. The molecule has 0 atom stereocenters. The number of nitrogens with zero attached hydrogens (tertiary/aromatic N) is 2. The van der Waals surface area contributed by atoms with E-state index in [9.17, 15) is 9.59 Å². The normalized spacial score (nSPS) is 10.4. The highest BCUT2D eigenvalue weighted by atomic mass is 16.5. The predicted molar refractivity (Wildman–Crippen MR) is 99.9 cm³/mol. The summed E-state index contributed by atoms with van der Waals surface area (Å²) in [7, 11) is 1.56. The second-order valence-corrected chi connectivity index (χ2v) is 5.91. The Bertz CT molecular complexity index is 650. The molecule has 2 rings (SSSR count). The lowest BCUT2D eigenvalue weighted by atomic mass is 10.2. The van der Waals surface area contributed by atoms with Crippen LogP contribution in [0.25, 0.3) is 0 Å². The van der Waals surface area contributed by atoms with Crippen molar-refractivity contribution in [3.63, 3.8) is 0 Å². The van der Waals surface area contributed by atoms with Gasteiger partial charge in [-0.3, -0.25) is 10.2 Å². The van der Waals surface area contributed by atoms with Crippen molar-refractivity contribution in [2.24, 2.45) is 0 Å². The maximum absolute atomic E-state index is 12.4. The van der Waals surface area contributed by atoms with Crippen LogP contribution in [0.15, 0.2) is 60.7 Å². The summed E-state index contributed by atoms with van der Waals surface area (Å²) in [6.45, 7) is 3.04. The van der Waals surface area contributed by atoms with Gasteiger partial charge in [0.2, 0.25) is 0 Å². The molecule has 26 heavy (non-hydrogen) atoms. The van der Waals surface area contributed by atoms with Crippen LogP contribution in [-0.2, 0) is 22.6 Å². The van der Waals surface area contributed by atoms with Gasteiger partial charge in [-0.2, -0.15) is 0 Å². The fourth-order valence-corrected chi connectivity index (χ4v) is 2.44. The lowest BCUT2D eigenvalue weighted by Gasteiger charge is -2.26. The molecular weight excluding hydrogens is 330 g/mol. The molecular formula is C20H25N3O3. The summed E-state index contributed by atoms with van der Waals surface area (Å²) in [5, 5.41) is 1.83. The summed E-state index contributed by atoms with van der Waals surface area (Å²) in [6.07, 6.45) is 0. The zero-order valence-electron chi connectivity index (χ0n) is 15.2. The Morgan fingerprint density at radius 2 is 1.42 bits per heavy atom. The van der Waals surface area contributed by atoms with Gasteiger partial charge in [-0.15, -0.1) is 0 Å². The topological polar surface area (TPSA) is 61.9 Å². The molecule has 0 aliphatic carbocycles. The molecule has 138 valence electrons. The number of hydrogen-bond donors (Lipinski definition) is 1. The van der Waals surface area contributed by atoms with Crippen molar-refractivity contribution in [3.8, 4) is 0 Å². The van der Waals surface area contributed by atoms with Crippen molar-refractivity contribution in [2.75, 3.05) is 20.2 Å². The molecule has 0 aromatic heterocycles. The van der Waals surface area contributed by atoms with E-state index in [2.05, 4.69) is 5.43 Å². The summed E-state index contributed by atoms with van der Waals surface area (Å²) in [6, 6.07) is 19.4. The van der Waals surface area contributed by atoms with Gasteiger partial charge in [0.1, 0.15) is 6.54 Å². The van der Waals surface area contributed by atoms with E-state index in [1.165, 1.54) is 4.90 Å². The summed E-state index contributed by atoms with van der Waals surface area (Å²) in [4.78, 5) is 25.3. The fraction of sp³-hybridized carbons (Fsp3) is 0.300. The first kappa shape index (κ1) is 19.5. The van der Waals surface area contributed by atoms with Crippen molar-refractivity contribution in [3.05, 3.63) is 71.8 Å². The lowest BCUT2D eigenvalue weighted by molar-refractivity contribution is -0.143. The van der Waals surface area contributed by atoms with Gasteiger partial charge in [-0.25, -0.2) is 9.80 Å². The number of nitrogens with one attached hydrogen (secondary N) is 1. The van der Waals surface area contributed by atoms with E-state index in [0.29, 0.717) is 19.7 Å². The number of hydrazine groups is 1. The Kier molecular flexibility index (Phi) is 7.64. The molecule has 0 aliphatic heterocycles. The van der Waals surface area contributed by atoms with Crippen LogP contribution in [0.4, 0.5) is 4.79 Å². The SMILES string of the molecule is CCOC(=O)CN(C)C(=O)NN(Cc1ccccc1)Cc1ccccc1. The minimum absolute atomic E-state index is 0.0931. The van der Waals surface area contributed by atoms with Crippen LogP contribution in [0.5, 0.6) is 0 Å². The van der Waals surface area contributed by atoms with E-state index >= 15 is 0 Å². The molecule has 0 saturated heterocycles. The molecule has 0 saturated carbocycles. The van der Waals surface area contributed by atoms with Gasteiger partial charge in [0.15, 0.2) is 0 Å². The highest BCUT2D eigenvalue weighted by Gasteiger charge is 2.17. The Morgan fingerprint density at radius 1 is 0.923 bits per heavy atom. The molecule has 0 aliphatic rings. The molecule has 0 heterocycles. The maximum atomic E-state index is 12.4. The van der Waals surface area contributed by atoms with E-state index in [-0.39, 0.29) is 12.6 Å². The van der Waals surface area contributed by atoms with Crippen molar-refractivity contribution in [1.29, 1.82) is 0 Å². The molecule has 2 amide bonds. The van der Waals surface area contributed by atoms with E-state index in [1.807, 2.05) is 65.7 Å². The number of ether oxygens (including phenoxy) is 1. The third-order valence-corrected chi connectivity index (χ3v) is 3.70. The number of amides is 2. The lowest BCUT2D eigenvalue weighted by Crippen LogP contribution is -2.48. The molecule has 0 bridgehead atoms. The molecule has 0 fully saturated rings. The van der Waals surface area contributed by atoms with Gasteiger partial charge in [0.05, 0.1) is 6.61 Å². The maximum Gasteiger partial charge on any atom is 0.332 e. The molecule has 0 spiro atoms. The van der Waals surface area contributed by atoms with Crippen molar-refractivity contribution in [2.45, 2.75) is 20.0 Å². The Hall–Kier alpha value is -2.86. The Balaban J connectivity index is 2.02. The van der Waals surface area contributed by atoms with Gasteiger partial charge in [-0.05, 0) is 18.1 Å². The number of carbonyl (C=O) groups excluding carboxylic acids is 2. The molecule has 2 aromatic rings. The van der Waals surface area contributed by atoms with Crippen molar-refractivity contribution in [1.82, 2.24) is 15.3 Å². The first-order chi connectivity index (χ1) is 12.6. The molecule has 2 aromatic carbocycles. The van der Waals surface area contributed by atoms with Crippen LogP contribution in [0, 0.1) is 0 Å². The number of rotatable bonds is 8. The number of esters is 1. The second kappa shape index (κ2) is 10.2. The zero-order chi connectivity index (χ0) is 18.8. The molecule has 1 N–H and O–H groups in total. The number of likely N-dealkylation sites (N-methyl/N-ethyl adjacent to an activating group) is 1. The third kappa shape index (κ3) is 6.57. The van der Waals surface area contributed by atoms with E-state index in [0.717, 1.165) is 11.1 Å². The average Bonchev–Trinajstić information content (AvgIpc) is 2.63. The van der Waals surface area contributed by atoms with Crippen LogP contribution >= 0.6 is 0 Å². The van der Waals surface area contributed by atoms with E-state index in [1.54, 1.807) is 14.0 Å². The van der Waals surface area contributed by atoms with Gasteiger partial charge < -0.3 is 9.64 Å². The first-order valence-electron chi connectivity index (χ1n) is 8.58. The van der Waals surface area contributed by atoms with Crippen molar-refractivity contribution < 1.29 is 14.3 Å². The number of hydrogen-bond acceptors (Lipinski definition) is 4. The number of urea groups is 1. The minimum atomic E-state index is -0.428. The summed E-state index contributed by atoms with van der Waals surface area (Å²) < 4.78 is 4.88. The number of carbonyl (C=O) groups is 2. The number of benzene rings is 2. The molecule has 0 unspecified atom stereocenters. The highest BCUT2D eigenvalue weighted by molar-refractivity contribution is 5.80. The quantitative estimate of drug-likeness (QED) is 0.584. The molecule has 6 heteroatoms. The Morgan fingerprint density at radius 3 is 1.88 bits per heavy atom. The fourth-order valence-electron chi connectivity index (χ4n) is 2.44. The minimum Gasteiger partial charge on any atom is -0.465 e. The third-order valence-electron chi connectivity index (χ3n) is 3.70. The second-order valence-electron chi connectivity index (χ2n) is 5.91. The van der Waals surface area contributed by atoms with Crippen LogP contribution in [-0.4, -0.2) is 42.1 Å². The zero-order valence-corrected chi connectivity index (χ0v) is 15.2. The summed E-state index contributed by atoms with van der Waals surface area (Å²) in [5.41, 5.74) is 5.03. The smallest absolute Gasteiger partial charge is 0.332 e. The van der Waals surface area contributed by atoms with Crippen molar-refractivity contribution >= 4 is 12.0 Å². The molecule has 0 radical (unpaired) electrons. The monoisotopic (exact) mass is 355 g/mol. The highest BCUT2D eigenvalue weighted by Crippen LogP contribution is 2.08. The van der Waals surface area contributed by atoms with Gasteiger partial charge in [0.25, 0.3) is 0 Å². The standard InChI is InChI=1S/C20H25N3O3/c1-3-26-19(24)16-22(2)20(25)21-23(14-17-10-6-4-7-11-17)15-18-12-8-5-9-13-18/h4-13H,3,14-16H2,1-2H3,(H,21,25). The molecule has 6 nitrogen and oxygen atoms in total. The van der Waals surface area contributed by atoms with E-state index < -0.39 is 5.97 Å². The largest absolute Gasteiger partial charge is 0.465 e. The predicted octanol–water partition coefficient (Wildman–Crippen LogP) is 2.81. The summed E-state index contributed by atoms with van der Waals surface area (Å²) >= 11 is 0. The Labute approximate surface area is 154 Å². The van der Waals surface area contributed by atoms with Crippen LogP contribution in [0.1, 0.15) is 18.1 Å². The van der Waals surface area contributed by atoms with Gasteiger partial charge >= 0.3 is 12.0 Å². The van der Waals surface area contributed by atoms with Gasteiger partial charge in [-0.1, -0.05) is 60.7 Å². The van der Waals surface area contributed by atoms with Crippen LogP contribution in [0.2, 0.25) is 0 Å².